The molecule has 1 aromatic heterocycles. The summed E-state index contributed by atoms with van der Waals surface area (Å²) in [5, 5.41) is 8.15. The highest BCUT2D eigenvalue weighted by Gasteiger charge is 2.45. The molecule has 0 spiro atoms. The predicted molar refractivity (Wildman–Crippen MR) is 86.3 cm³/mol. The van der Waals surface area contributed by atoms with Crippen LogP contribution in [0.15, 0.2) is 12.4 Å². The van der Waals surface area contributed by atoms with Crippen molar-refractivity contribution in [3.05, 3.63) is 18.0 Å². The monoisotopic (exact) mass is 290 g/mol. The molecule has 4 heteroatoms. The van der Waals surface area contributed by atoms with E-state index in [1.807, 2.05) is 17.9 Å². The molecule has 2 heterocycles. The third kappa shape index (κ3) is 3.49. The number of nitrogens with one attached hydrogen (secondary N) is 1. The molecule has 21 heavy (non-hydrogen) atoms. The molecule has 1 saturated heterocycles. The Balaban J connectivity index is 1.62. The lowest BCUT2D eigenvalue weighted by molar-refractivity contribution is 0.0712. The zero-order valence-corrected chi connectivity index (χ0v) is 13.8. The van der Waals surface area contributed by atoms with E-state index in [9.17, 15) is 0 Å². The summed E-state index contributed by atoms with van der Waals surface area (Å²) in [4.78, 5) is 2.74. The first-order valence-electron chi connectivity index (χ1n) is 8.57. The molecule has 1 N–H and O–H groups in total. The Labute approximate surface area is 128 Å². The fourth-order valence-corrected chi connectivity index (χ4v) is 3.83. The van der Waals surface area contributed by atoms with E-state index in [1.165, 1.54) is 44.3 Å². The van der Waals surface area contributed by atoms with Crippen molar-refractivity contribution in [1.82, 2.24) is 20.0 Å². The van der Waals surface area contributed by atoms with Gasteiger partial charge in [0.1, 0.15) is 0 Å². The SMILES string of the molecule is CCCC1CNC(C)(C2CC2)CN1CCc1cnn(C)c1. The van der Waals surface area contributed by atoms with Gasteiger partial charge in [-0.3, -0.25) is 9.58 Å². The summed E-state index contributed by atoms with van der Waals surface area (Å²) in [6.07, 6.45) is 10.7. The highest BCUT2D eigenvalue weighted by atomic mass is 15.3. The molecule has 0 aromatic carbocycles. The van der Waals surface area contributed by atoms with Crippen molar-refractivity contribution in [1.29, 1.82) is 0 Å². The van der Waals surface area contributed by atoms with E-state index in [1.54, 1.807) is 0 Å². The lowest BCUT2D eigenvalue weighted by Gasteiger charge is -2.47. The van der Waals surface area contributed by atoms with Crippen molar-refractivity contribution in [2.75, 3.05) is 19.6 Å². The van der Waals surface area contributed by atoms with Gasteiger partial charge in [-0.25, -0.2) is 0 Å². The average molecular weight is 290 g/mol. The number of hydrogen-bond donors (Lipinski definition) is 1. The van der Waals surface area contributed by atoms with Crippen molar-refractivity contribution in [2.24, 2.45) is 13.0 Å². The van der Waals surface area contributed by atoms with Crippen molar-refractivity contribution >= 4 is 0 Å². The van der Waals surface area contributed by atoms with Gasteiger partial charge in [0.2, 0.25) is 0 Å². The summed E-state index contributed by atoms with van der Waals surface area (Å²) in [6, 6.07) is 0.707. The normalized spacial score (nSPS) is 30.7. The van der Waals surface area contributed by atoms with Crippen molar-refractivity contribution in [2.45, 2.75) is 57.5 Å². The molecule has 0 bridgehead atoms. The van der Waals surface area contributed by atoms with Gasteiger partial charge in [0.25, 0.3) is 0 Å². The van der Waals surface area contributed by atoms with Gasteiger partial charge >= 0.3 is 0 Å². The number of hydrogen-bond acceptors (Lipinski definition) is 3. The van der Waals surface area contributed by atoms with E-state index in [0.717, 1.165) is 18.9 Å². The first-order chi connectivity index (χ1) is 10.1. The van der Waals surface area contributed by atoms with Gasteiger partial charge in [0.15, 0.2) is 0 Å². The van der Waals surface area contributed by atoms with Crippen molar-refractivity contribution < 1.29 is 0 Å². The summed E-state index contributed by atoms with van der Waals surface area (Å²) < 4.78 is 1.91. The maximum absolute atomic E-state index is 4.29. The van der Waals surface area contributed by atoms with Gasteiger partial charge < -0.3 is 5.32 Å². The van der Waals surface area contributed by atoms with Crippen LogP contribution >= 0.6 is 0 Å². The van der Waals surface area contributed by atoms with Crippen LogP contribution in [0.2, 0.25) is 0 Å². The molecular weight excluding hydrogens is 260 g/mol. The molecule has 1 aromatic rings. The van der Waals surface area contributed by atoms with E-state index >= 15 is 0 Å². The second kappa shape index (κ2) is 6.09. The van der Waals surface area contributed by atoms with Crippen LogP contribution in [-0.4, -0.2) is 45.9 Å². The Bertz CT molecular complexity index is 465. The van der Waals surface area contributed by atoms with Crippen molar-refractivity contribution in [3.63, 3.8) is 0 Å². The molecule has 2 atom stereocenters. The highest BCUT2D eigenvalue weighted by molar-refractivity contribution is 5.07. The van der Waals surface area contributed by atoms with Crippen LogP contribution in [0.4, 0.5) is 0 Å². The molecule has 1 aliphatic carbocycles. The largest absolute Gasteiger partial charge is 0.308 e. The first kappa shape index (κ1) is 15.0. The molecule has 0 radical (unpaired) electrons. The lowest BCUT2D eigenvalue weighted by Crippen LogP contribution is -2.64. The second-order valence-electron chi connectivity index (χ2n) is 7.26. The highest BCUT2D eigenvalue weighted by Crippen LogP contribution is 2.41. The molecular formula is C17H30N4. The quantitative estimate of drug-likeness (QED) is 0.872. The van der Waals surface area contributed by atoms with E-state index in [4.69, 9.17) is 0 Å². The Hall–Kier alpha value is -0.870. The number of aromatic nitrogens is 2. The molecule has 118 valence electrons. The van der Waals surface area contributed by atoms with Gasteiger partial charge in [-0.2, -0.15) is 5.10 Å². The van der Waals surface area contributed by atoms with E-state index < -0.39 is 0 Å². The zero-order valence-electron chi connectivity index (χ0n) is 13.8. The summed E-state index contributed by atoms with van der Waals surface area (Å²) in [5.41, 5.74) is 1.71. The minimum Gasteiger partial charge on any atom is -0.308 e. The van der Waals surface area contributed by atoms with Gasteiger partial charge in [-0.1, -0.05) is 13.3 Å². The third-order valence-electron chi connectivity index (χ3n) is 5.34. The average Bonchev–Trinajstić information content (AvgIpc) is 3.24. The standard InChI is InChI=1S/C17H30N4/c1-4-5-16-11-18-17(2,15-6-7-15)13-21(16)9-8-14-10-19-20(3)12-14/h10,12,15-16,18H,4-9,11,13H2,1-3H3. The van der Waals surface area contributed by atoms with Crippen LogP contribution in [-0.2, 0) is 13.5 Å². The summed E-state index contributed by atoms with van der Waals surface area (Å²) in [7, 11) is 2.00. The molecule has 1 saturated carbocycles. The minimum atomic E-state index is 0.346. The van der Waals surface area contributed by atoms with Crippen LogP contribution in [0, 0.1) is 5.92 Å². The van der Waals surface area contributed by atoms with Gasteiger partial charge in [0.05, 0.1) is 6.20 Å². The summed E-state index contributed by atoms with van der Waals surface area (Å²) >= 11 is 0. The molecule has 2 fully saturated rings. The Morgan fingerprint density at radius 2 is 2.24 bits per heavy atom. The van der Waals surface area contributed by atoms with Crippen LogP contribution < -0.4 is 5.32 Å². The molecule has 0 amide bonds. The number of piperazine rings is 1. The van der Waals surface area contributed by atoms with Gasteiger partial charge in [-0.05, 0) is 44.1 Å². The Morgan fingerprint density at radius 1 is 1.43 bits per heavy atom. The van der Waals surface area contributed by atoms with Crippen LogP contribution in [0.3, 0.4) is 0 Å². The summed E-state index contributed by atoms with van der Waals surface area (Å²) in [6.45, 7) is 8.27. The maximum atomic E-state index is 4.29. The van der Waals surface area contributed by atoms with E-state index in [-0.39, 0.29) is 0 Å². The minimum absolute atomic E-state index is 0.346. The molecule has 3 rings (SSSR count). The molecule has 4 nitrogen and oxygen atoms in total. The van der Waals surface area contributed by atoms with Crippen LogP contribution in [0.25, 0.3) is 0 Å². The topological polar surface area (TPSA) is 33.1 Å². The number of aryl methyl sites for hydroxylation is 1. The molecule has 2 unspecified atom stereocenters. The Morgan fingerprint density at radius 3 is 2.86 bits per heavy atom. The zero-order chi connectivity index (χ0) is 14.9. The lowest BCUT2D eigenvalue weighted by atomic mass is 9.89. The fraction of sp³-hybridized carbons (Fsp3) is 0.824. The van der Waals surface area contributed by atoms with Gasteiger partial charge in [-0.15, -0.1) is 0 Å². The Kier molecular flexibility index (Phi) is 4.36. The van der Waals surface area contributed by atoms with E-state index in [0.29, 0.717) is 11.6 Å². The van der Waals surface area contributed by atoms with Crippen LogP contribution in [0.5, 0.6) is 0 Å². The molecule has 2 aliphatic rings. The third-order valence-corrected chi connectivity index (χ3v) is 5.34. The molecule has 1 aliphatic heterocycles. The van der Waals surface area contributed by atoms with Gasteiger partial charge in [0, 0.05) is 44.5 Å². The second-order valence-corrected chi connectivity index (χ2v) is 7.26. The predicted octanol–water partition coefficient (Wildman–Crippen LogP) is 2.21. The maximum Gasteiger partial charge on any atom is 0.0522 e. The number of rotatable bonds is 6. The smallest absolute Gasteiger partial charge is 0.0522 e. The van der Waals surface area contributed by atoms with E-state index in [2.05, 4.69) is 35.4 Å². The van der Waals surface area contributed by atoms with Crippen LogP contribution in [0.1, 0.15) is 45.1 Å². The van der Waals surface area contributed by atoms with Crippen molar-refractivity contribution in [3.8, 4) is 0 Å². The fourth-order valence-electron chi connectivity index (χ4n) is 3.83. The summed E-state index contributed by atoms with van der Waals surface area (Å²) in [5.74, 6) is 0.904. The first-order valence-corrected chi connectivity index (χ1v) is 8.57. The number of nitrogens with zero attached hydrogens (tertiary/aromatic N) is 3.